The monoisotopic (exact) mass is 305 g/mol. The van der Waals surface area contributed by atoms with Crippen molar-refractivity contribution in [1.29, 1.82) is 0 Å². The van der Waals surface area contributed by atoms with Crippen LogP contribution in [0.3, 0.4) is 0 Å². The van der Waals surface area contributed by atoms with E-state index in [1.165, 1.54) is 77.0 Å². The molecule has 0 N–H and O–H groups in total. The van der Waals surface area contributed by atoms with E-state index in [9.17, 15) is 0 Å². The third-order valence-corrected chi connectivity index (χ3v) is 4.05. The highest BCUT2D eigenvalue weighted by Crippen LogP contribution is 2.11. The van der Waals surface area contributed by atoms with Gasteiger partial charge >= 0.3 is 0 Å². The van der Waals surface area contributed by atoms with Gasteiger partial charge in [-0.25, -0.2) is 0 Å². The van der Waals surface area contributed by atoms with Crippen LogP contribution in [-0.4, -0.2) is 4.98 Å². The van der Waals surface area contributed by atoms with Crippen LogP contribution in [0.25, 0.3) is 0 Å². The average molecular weight is 306 g/mol. The molecular weight excluding hydrogens is 266 g/mol. The van der Waals surface area contributed by atoms with E-state index in [2.05, 4.69) is 25.8 Å². The van der Waals surface area contributed by atoms with Gasteiger partial charge in [-0.1, -0.05) is 104 Å². The van der Waals surface area contributed by atoms with Crippen LogP contribution >= 0.6 is 0 Å². The van der Waals surface area contributed by atoms with Crippen LogP contribution in [0.2, 0.25) is 0 Å². The predicted molar refractivity (Wildman–Crippen MR) is 100 cm³/mol. The number of hydrogen-bond donors (Lipinski definition) is 0. The zero-order valence-corrected chi connectivity index (χ0v) is 15.4. The van der Waals surface area contributed by atoms with Crippen molar-refractivity contribution in [2.45, 2.75) is 104 Å². The highest BCUT2D eigenvalue weighted by Gasteiger charge is 1.91. The topological polar surface area (TPSA) is 12.9 Å². The molecule has 0 aliphatic carbocycles. The molecule has 22 heavy (non-hydrogen) atoms. The molecule has 1 rings (SSSR count). The van der Waals surface area contributed by atoms with Crippen molar-refractivity contribution in [1.82, 2.24) is 4.98 Å². The van der Waals surface area contributed by atoms with Gasteiger partial charge in [0.1, 0.15) is 0 Å². The number of rotatable bonds is 12. The second-order valence-corrected chi connectivity index (χ2v) is 6.21. The molecule has 1 heterocycles. The maximum absolute atomic E-state index is 4.10. The smallest absolute Gasteiger partial charge is 0.0400 e. The number of hydrogen-bond acceptors (Lipinski definition) is 1. The second kappa shape index (κ2) is 18.2. The predicted octanol–water partition coefficient (Wildman–Crippen LogP) is 7.35. The summed E-state index contributed by atoms with van der Waals surface area (Å²) in [6.07, 6.45) is 20.3. The summed E-state index contributed by atoms with van der Waals surface area (Å²) >= 11 is 0. The van der Waals surface area contributed by atoms with Gasteiger partial charge in [-0.3, -0.25) is 4.98 Å². The minimum atomic E-state index is 1.03. The summed E-state index contributed by atoms with van der Waals surface area (Å²) in [6.45, 7) is 6.67. The van der Waals surface area contributed by atoms with Crippen molar-refractivity contribution >= 4 is 0 Å². The SMILES string of the molecule is CCCCCCCCCCCCCC.CCc1ccccn1. The van der Waals surface area contributed by atoms with Gasteiger partial charge in [-0.05, 0) is 18.6 Å². The van der Waals surface area contributed by atoms with Gasteiger partial charge < -0.3 is 0 Å². The average Bonchev–Trinajstić information content (AvgIpc) is 2.58. The Kier molecular flexibility index (Phi) is 17.5. The zero-order valence-electron chi connectivity index (χ0n) is 15.4. The number of nitrogens with zero attached hydrogens (tertiary/aromatic N) is 1. The van der Waals surface area contributed by atoms with Crippen molar-refractivity contribution in [2.75, 3.05) is 0 Å². The number of pyridine rings is 1. The summed E-state index contributed by atoms with van der Waals surface area (Å²) < 4.78 is 0. The molecule has 1 aromatic rings. The summed E-state index contributed by atoms with van der Waals surface area (Å²) in [7, 11) is 0. The van der Waals surface area contributed by atoms with Crippen molar-refractivity contribution in [2.24, 2.45) is 0 Å². The van der Waals surface area contributed by atoms with Crippen LogP contribution in [0.1, 0.15) is 104 Å². The number of aromatic nitrogens is 1. The molecule has 0 radical (unpaired) electrons. The fourth-order valence-corrected chi connectivity index (χ4v) is 2.52. The van der Waals surface area contributed by atoms with Gasteiger partial charge in [0.2, 0.25) is 0 Å². The first kappa shape index (κ1) is 21.1. The van der Waals surface area contributed by atoms with Gasteiger partial charge in [-0.15, -0.1) is 0 Å². The first-order valence-electron chi connectivity index (χ1n) is 9.75. The number of unbranched alkanes of at least 4 members (excludes halogenated alkanes) is 11. The van der Waals surface area contributed by atoms with E-state index >= 15 is 0 Å². The fraction of sp³-hybridized carbons (Fsp3) is 0.762. The maximum Gasteiger partial charge on any atom is 0.0400 e. The van der Waals surface area contributed by atoms with Crippen LogP contribution in [0.4, 0.5) is 0 Å². The lowest BCUT2D eigenvalue weighted by atomic mass is 10.1. The Morgan fingerprint density at radius 2 is 1.09 bits per heavy atom. The molecule has 0 saturated heterocycles. The molecule has 0 aliphatic rings. The van der Waals surface area contributed by atoms with Crippen LogP contribution < -0.4 is 0 Å². The first-order chi connectivity index (χ1) is 10.8. The Hall–Kier alpha value is -0.850. The van der Waals surface area contributed by atoms with E-state index in [1.807, 2.05) is 24.4 Å². The van der Waals surface area contributed by atoms with Gasteiger partial charge in [0, 0.05) is 11.9 Å². The van der Waals surface area contributed by atoms with Crippen LogP contribution in [-0.2, 0) is 6.42 Å². The van der Waals surface area contributed by atoms with E-state index in [1.54, 1.807) is 0 Å². The van der Waals surface area contributed by atoms with Crippen molar-refractivity contribution in [3.63, 3.8) is 0 Å². The van der Waals surface area contributed by atoms with Crippen molar-refractivity contribution in [3.8, 4) is 0 Å². The molecule has 1 nitrogen and oxygen atoms in total. The highest BCUT2D eigenvalue weighted by atomic mass is 14.6. The van der Waals surface area contributed by atoms with E-state index in [0.29, 0.717) is 0 Å². The summed E-state index contributed by atoms with van der Waals surface area (Å²) in [5, 5.41) is 0. The lowest BCUT2D eigenvalue weighted by molar-refractivity contribution is 0.548. The van der Waals surface area contributed by atoms with Gasteiger partial charge in [-0.2, -0.15) is 0 Å². The Morgan fingerprint density at radius 1 is 0.636 bits per heavy atom. The summed E-state index contributed by atoms with van der Waals surface area (Å²) in [4.78, 5) is 4.10. The Morgan fingerprint density at radius 3 is 1.36 bits per heavy atom. The molecule has 0 unspecified atom stereocenters. The van der Waals surface area contributed by atoms with Gasteiger partial charge in [0.25, 0.3) is 0 Å². The molecule has 1 aromatic heterocycles. The summed E-state index contributed by atoms with van der Waals surface area (Å²) in [6, 6.07) is 5.96. The van der Waals surface area contributed by atoms with Crippen LogP contribution in [0.15, 0.2) is 24.4 Å². The standard InChI is InChI=1S/C14H30.C7H9N/c1-3-5-7-9-11-13-14-12-10-8-6-4-2;1-2-7-5-3-4-6-8-7/h3-14H2,1-2H3;3-6H,2H2,1H3. The van der Waals surface area contributed by atoms with Crippen molar-refractivity contribution in [3.05, 3.63) is 30.1 Å². The third kappa shape index (κ3) is 15.5. The minimum Gasteiger partial charge on any atom is -0.261 e. The largest absolute Gasteiger partial charge is 0.261 e. The molecule has 1 heteroatoms. The molecule has 0 saturated carbocycles. The third-order valence-electron chi connectivity index (χ3n) is 4.05. The minimum absolute atomic E-state index is 1.03. The lowest BCUT2D eigenvalue weighted by Crippen LogP contribution is -1.81. The second-order valence-electron chi connectivity index (χ2n) is 6.21. The molecule has 0 aliphatic heterocycles. The quantitative estimate of drug-likeness (QED) is 0.368. The van der Waals surface area contributed by atoms with E-state index in [0.717, 1.165) is 12.1 Å². The highest BCUT2D eigenvalue weighted by molar-refractivity contribution is 5.02. The lowest BCUT2D eigenvalue weighted by Gasteiger charge is -2.01. The Labute approximate surface area is 139 Å². The molecule has 0 atom stereocenters. The van der Waals surface area contributed by atoms with Crippen LogP contribution in [0.5, 0.6) is 0 Å². The van der Waals surface area contributed by atoms with Gasteiger partial charge in [0.05, 0.1) is 0 Å². The molecular formula is C21H39N. The van der Waals surface area contributed by atoms with Gasteiger partial charge in [0.15, 0.2) is 0 Å². The molecule has 0 aromatic carbocycles. The summed E-state index contributed by atoms with van der Waals surface area (Å²) in [5.41, 5.74) is 1.16. The van der Waals surface area contributed by atoms with Crippen molar-refractivity contribution < 1.29 is 0 Å². The fourth-order valence-electron chi connectivity index (χ4n) is 2.52. The maximum atomic E-state index is 4.10. The summed E-state index contributed by atoms with van der Waals surface area (Å²) in [5.74, 6) is 0. The number of aryl methyl sites for hydroxylation is 1. The van der Waals surface area contributed by atoms with Crippen LogP contribution in [0, 0.1) is 0 Å². The Bertz CT molecular complexity index is 282. The van der Waals surface area contributed by atoms with E-state index < -0.39 is 0 Å². The molecule has 0 spiro atoms. The first-order valence-corrected chi connectivity index (χ1v) is 9.75. The van der Waals surface area contributed by atoms with E-state index in [-0.39, 0.29) is 0 Å². The molecule has 0 bridgehead atoms. The zero-order chi connectivity index (χ0) is 16.3. The molecule has 0 amide bonds. The van der Waals surface area contributed by atoms with E-state index in [4.69, 9.17) is 0 Å². The molecule has 0 fully saturated rings. The molecule has 128 valence electrons. The normalized spacial score (nSPS) is 10.1. The Balaban J connectivity index is 0.000000461.